The molecule has 2 rings (SSSR count). The molecule has 2 unspecified atom stereocenters. The molecule has 70 valence electrons. The van der Waals surface area contributed by atoms with Crippen LogP contribution in [-0.4, -0.2) is 6.54 Å². The predicted molar refractivity (Wildman–Crippen MR) is 50.9 cm³/mol. The Morgan fingerprint density at radius 1 is 1.46 bits per heavy atom. The van der Waals surface area contributed by atoms with Crippen LogP contribution in [0.2, 0.25) is 0 Å². The average molecular weight is 179 g/mol. The van der Waals surface area contributed by atoms with Crippen molar-refractivity contribution >= 4 is 0 Å². The summed E-state index contributed by atoms with van der Waals surface area (Å²) in [7, 11) is 0. The second-order valence-corrected chi connectivity index (χ2v) is 3.97. The maximum absolute atomic E-state index is 12.7. The zero-order valence-electron chi connectivity index (χ0n) is 7.76. The lowest BCUT2D eigenvalue weighted by atomic mass is 9.94. The van der Waals surface area contributed by atoms with Crippen molar-refractivity contribution in [2.75, 3.05) is 6.54 Å². The molecule has 0 heterocycles. The molecule has 0 bridgehead atoms. The van der Waals surface area contributed by atoms with E-state index in [0.29, 0.717) is 12.5 Å². The quantitative estimate of drug-likeness (QED) is 0.739. The van der Waals surface area contributed by atoms with Crippen LogP contribution in [0.15, 0.2) is 24.3 Å². The summed E-state index contributed by atoms with van der Waals surface area (Å²) in [6.07, 6.45) is 1.13. The van der Waals surface area contributed by atoms with Gasteiger partial charge in [0, 0.05) is 12.0 Å². The van der Waals surface area contributed by atoms with Crippen LogP contribution < -0.4 is 5.73 Å². The summed E-state index contributed by atoms with van der Waals surface area (Å²) >= 11 is 0. The monoisotopic (exact) mass is 179 g/mol. The molecular weight excluding hydrogens is 165 g/mol. The molecular formula is C11H14FN. The van der Waals surface area contributed by atoms with Crippen LogP contribution in [-0.2, 0) is 5.41 Å². The molecule has 1 saturated carbocycles. The van der Waals surface area contributed by atoms with Crippen molar-refractivity contribution < 1.29 is 4.39 Å². The number of hydrogen-bond donors (Lipinski definition) is 1. The molecule has 0 radical (unpaired) electrons. The van der Waals surface area contributed by atoms with E-state index < -0.39 is 0 Å². The number of rotatable bonds is 2. The molecule has 1 fully saturated rings. The molecule has 0 amide bonds. The highest BCUT2D eigenvalue weighted by atomic mass is 19.1. The number of benzene rings is 1. The van der Waals surface area contributed by atoms with Gasteiger partial charge >= 0.3 is 0 Å². The minimum absolute atomic E-state index is 0.147. The van der Waals surface area contributed by atoms with Crippen molar-refractivity contribution in [2.45, 2.75) is 18.8 Å². The lowest BCUT2D eigenvalue weighted by molar-refractivity contribution is 0.615. The van der Waals surface area contributed by atoms with Gasteiger partial charge in [-0.15, -0.1) is 0 Å². The van der Waals surface area contributed by atoms with Crippen molar-refractivity contribution in [2.24, 2.45) is 11.7 Å². The van der Waals surface area contributed by atoms with E-state index in [9.17, 15) is 4.39 Å². The van der Waals surface area contributed by atoms with E-state index in [1.165, 1.54) is 17.7 Å². The normalized spacial score (nSPS) is 31.8. The van der Waals surface area contributed by atoms with E-state index in [1.54, 1.807) is 0 Å². The first-order valence-electron chi connectivity index (χ1n) is 4.65. The fourth-order valence-electron chi connectivity index (χ4n) is 2.07. The summed E-state index contributed by atoms with van der Waals surface area (Å²) in [5, 5.41) is 0. The van der Waals surface area contributed by atoms with Crippen LogP contribution >= 0.6 is 0 Å². The van der Waals surface area contributed by atoms with Gasteiger partial charge in [0.25, 0.3) is 0 Å². The van der Waals surface area contributed by atoms with Gasteiger partial charge in [-0.1, -0.05) is 19.1 Å². The molecule has 1 aliphatic rings. The summed E-state index contributed by atoms with van der Waals surface area (Å²) in [5.41, 5.74) is 7.07. The van der Waals surface area contributed by atoms with E-state index in [2.05, 4.69) is 6.92 Å². The third-order valence-corrected chi connectivity index (χ3v) is 3.24. The number of nitrogens with two attached hydrogens (primary N) is 1. The standard InChI is InChI=1S/C11H14FN/c1-8-6-11(8,7-13)9-2-4-10(12)5-3-9/h2-5,8H,6-7,13H2,1H3. The Morgan fingerprint density at radius 2 is 2.00 bits per heavy atom. The van der Waals surface area contributed by atoms with Gasteiger partial charge in [-0.05, 0) is 30.0 Å². The first-order chi connectivity index (χ1) is 6.19. The first-order valence-corrected chi connectivity index (χ1v) is 4.65. The van der Waals surface area contributed by atoms with Gasteiger partial charge in [0.1, 0.15) is 5.82 Å². The van der Waals surface area contributed by atoms with Crippen LogP contribution in [0.5, 0.6) is 0 Å². The van der Waals surface area contributed by atoms with Crippen LogP contribution in [0.1, 0.15) is 18.9 Å². The second-order valence-electron chi connectivity index (χ2n) is 3.97. The Bertz CT molecular complexity index is 302. The fraction of sp³-hybridized carbons (Fsp3) is 0.455. The van der Waals surface area contributed by atoms with E-state index in [-0.39, 0.29) is 11.2 Å². The SMILES string of the molecule is CC1CC1(CN)c1ccc(F)cc1. The molecule has 0 saturated heterocycles. The molecule has 0 spiro atoms. The molecule has 1 aromatic rings. The third-order valence-electron chi connectivity index (χ3n) is 3.24. The lowest BCUT2D eigenvalue weighted by Gasteiger charge is -2.13. The Morgan fingerprint density at radius 3 is 2.38 bits per heavy atom. The van der Waals surface area contributed by atoms with Crippen LogP contribution in [0.25, 0.3) is 0 Å². The van der Waals surface area contributed by atoms with Gasteiger partial charge in [-0.3, -0.25) is 0 Å². The van der Waals surface area contributed by atoms with Crippen LogP contribution in [0.4, 0.5) is 4.39 Å². The smallest absolute Gasteiger partial charge is 0.123 e. The third kappa shape index (κ3) is 1.25. The molecule has 1 nitrogen and oxygen atoms in total. The van der Waals surface area contributed by atoms with Crippen molar-refractivity contribution in [3.8, 4) is 0 Å². The first kappa shape index (κ1) is 8.70. The summed E-state index contributed by atoms with van der Waals surface area (Å²) in [6, 6.07) is 6.73. The Labute approximate surface area is 77.8 Å². The zero-order chi connectivity index (χ0) is 9.47. The van der Waals surface area contributed by atoms with Gasteiger partial charge in [0.2, 0.25) is 0 Å². The molecule has 0 aromatic heterocycles. The van der Waals surface area contributed by atoms with Crippen molar-refractivity contribution in [1.82, 2.24) is 0 Å². The van der Waals surface area contributed by atoms with Crippen molar-refractivity contribution in [3.63, 3.8) is 0 Å². The highest BCUT2D eigenvalue weighted by Gasteiger charge is 2.50. The summed E-state index contributed by atoms with van der Waals surface area (Å²) in [6.45, 7) is 2.86. The zero-order valence-corrected chi connectivity index (χ0v) is 7.76. The predicted octanol–water partition coefficient (Wildman–Crippen LogP) is 2.06. The van der Waals surface area contributed by atoms with E-state index in [4.69, 9.17) is 5.73 Å². The van der Waals surface area contributed by atoms with Gasteiger partial charge in [0.15, 0.2) is 0 Å². The minimum atomic E-state index is -0.177. The molecule has 2 N–H and O–H groups in total. The topological polar surface area (TPSA) is 26.0 Å². The number of hydrogen-bond acceptors (Lipinski definition) is 1. The summed E-state index contributed by atoms with van der Waals surface area (Å²) in [4.78, 5) is 0. The van der Waals surface area contributed by atoms with E-state index in [0.717, 1.165) is 6.42 Å². The van der Waals surface area contributed by atoms with Gasteiger partial charge in [0.05, 0.1) is 0 Å². The Balaban J connectivity index is 2.31. The fourth-order valence-corrected chi connectivity index (χ4v) is 2.07. The largest absolute Gasteiger partial charge is 0.330 e. The van der Waals surface area contributed by atoms with E-state index >= 15 is 0 Å². The Kier molecular flexibility index (Phi) is 1.88. The number of halogens is 1. The molecule has 2 atom stereocenters. The summed E-state index contributed by atoms with van der Waals surface area (Å²) in [5.74, 6) is 0.465. The molecule has 13 heavy (non-hydrogen) atoms. The molecule has 2 heteroatoms. The second kappa shape index (κ2) is 2.81. The highest BCUT2D eigenvalue weighted by Crippen LogP contribution is 2.53. The van der Waals surface area contributed by atoms with Gasteiger partial charge in [-0.2, -0.15) is 0 Å². The van der Waals surface area contributed by atoms with Gasteiger partial charge < -0.3 is 5.73 Å². The van der Waals surface area contributed by atoms with Crippen LogP contribution in [0.3, 0.4) is 0 Å². The Hall–Kier alpha value is -0.890. The molecule has 1 aromatic carbocycles. The highest BCUT2D eigenvalue weighted by molar-refractivity contribution is 5.33. The maximum Gasteiger partial charge on any atom is 0.123 e. The maximum atomic E-state index is 12.7. The molecule has 1 aliphatic carbocycles. The molecule has 0 aliphatic heterocycles. The minimum Gasteiger partial charge on any atom is -0.330 e. The lowest BCUT2D eigenvalue weighted by Crippen LogP contribution is -2.21. The van der Waals surface area contributed by atoms with Gasteiger partial charge in [-0.25, -0.2) is 4.39 Å². The van der Waals surface area contributed by atoms with Crippen LogP contribution in [0, 0.1) is 11.7 Å². The summed E-state index contributed by atoms with van der Waals surface area (Å²) < 4.78 is 12.7. The van der Waals surface area contributed by atoms with Crippen molar-refractivity contribution in [1.29, 1.82) is 0 Å². The average Bonchev–Trinajstić information content (AvgIpc) is 2.79. The van der Waals surface area contributed by atoms with E-state index in [1.807, 2.05) is 12.1 Å². The van der Waals surface area contributed by atoms with Crippen molar-refractivity contribution in [3.05, 3.63) is 35.6 Å².